The minimum Gasteiger partial charge on any atom is -0.382 e. The number of ether oxygens (including phenoxy) is 1. The lowest BCUT2D eigenvalue weighted by Crippen LogP contribution is -2.44. The number of rotatable bonds is 4. The Kier molecular flexibility index (Phi) is 2.28. The molecule has 0 unspecified atom stereocenters. The number of carbonyl (C=O) groups is 1. The molecular formula is C10H17NO2. The first-order chi connectivity index (χ1) is 6.26. The van der Waals surface area contributed by atoms with E-state index in [0.717, 1.165) is 25.7 Å². The van der Waals surface area contributed by atoms with Gasteiger partial charge in [-0.2, -0.15) is 0 Å². The maximum absolute atomic E-state index is 11.6. The van der Waals surface area contributed by atoms with Crippen molar-refractivity contribution in [3.63, 3.8) is 0 Å². The lowest BCUT2D eigenvalue weighted by atomic mass is 9.84. The smallest absolute Gasteiger partial charge is 0.223 e. The number of nitrogens with one attached hydrogen (secondary N) is 1. The van der Waals surface area contributed by atoms with Gasteiger partial charge in [-0.25, -0.2) is 0 Å². The monoisotopic (exact) mass is 183 g/mol. The molecule has 0 spiro atoms. The molecule has 1 amide bonds. The molecule has 2 saturated carbocycles. The summed E-state index contributed by atoms with van der Waals surface area (Å²) in [5, 5.41) is 3.11. The highest BCUT2D eigenvalue weighted by atomic mass is 16.5. The van der Waals surface area contributed by atoms with Crippen LogP contribution >= 0.6 is 0 Å². The van der Waals surface area contributed by atoms with Crippen LogP contribution in [0.4, 0.5) is 0 Å². The van der Waals surface area contributed by atoms with Gasteiger partial charge in [0.05, 0.1) is 12.1 Å². The van der Waals surface area contributed by atoms with E-state index in [4.69, 9.17) is 4.74 Å². The molecule has 0 aliphatic heterocycles. The van der Waals surface area contributed by atoms with Crippen molar-refractivity contribution in [3.05, 3.63) is 0 Å². The van der Waals surface area contributed by atoms with Crippen LogP contribution < -0.4 is 5.32 Å². The third-order valence-electron chi connectivity index (χ3n) is 3.14. The molecule has 0 aromatic heterocycles. The Labute approximate surface area is 78.8 Å². The van der Waals surface area contributed by atoms with Crippen molar-refractivity contribution in [3.8, 4) is 0 Å². The Bertz CT molecular complexity index is 207. The second kappa shape index (κ2) is 3.29. The number of hydrogen-bond donors (Lipinski definition) is 1. The fourth-order valence-corrected chi connectivity index (χ4v) is 1.77. The van der Waals surface area contributed by atoms with Gasteiger partial charge in [0.25, 0.3) is 0 Å². The molecule has 2 fully saturated rings. The lowest BCUT2D eigenvalue weighted by Gasteiger charge is -2.27. The largest absolute Gasteiger partial charge is 0.382 e. The summed E-state index contributed by atoms with van der Waals surface area (Å²) in [5.74, 6) is 0.551. The molecule has 0 aromatic rings. The Morgan fingerprint density at radius 3 is 2.62 bits per heavy atom. The molecule has 74 valence electrons. The average molecular weight is 183 g/mol. The zero-order chi connectivity index (χ0) is 9.31. The van der Waals surface area contributed by atoms with Gasteiger partial charge in [-0.3, -0.25) is 4.79 Å². The van der Waals surface area contributed by atoms with E-state index in [0.29, 0.717) is 12.5 Å². The van der Waals surface area contributed by atoms with Gasteiger partial charge in [-0.1, -0.05) is 6.42 Å². The second-order valence-corrected chi connectivity index (χ2v) is 4.33. The topological polar surface area (TPSA) is 38.3 Å². The minimum absolute atomic E-state index is 0.0153. The number of amides is 1. The number of carbonyl (C=O) groups excluding carboxylic acids is 1. The molecule has 2 aliphatic carbocycles. The highest BCUT2D eigenvalue weighted by molar-refractivity contribution is 5.80. The van der Waals surface area contributed by atoms with Crippen LogP contribution in [0.5, 0.6) is 0 Å². The summed E-state index contributed by atoms with van der Waals surface area (Å²) in [6.07, 6.45) is 5.54. The van der Waals surface area contributed by atoms with Crippen molar-refractivity contribution < 1.29 is 9.53 Å². The van der Waals surface area contributed by atoms with Gasteiger partial charge in [0.15, 0.2) is 0 Å². The summed E-state index contributed by atoms with van der Waals surface area (Å²) in [7, 11) is 1.69. The molecule has 3 nitrogen and oxygen atoms in total. The predicted molar refractivity (Wildman–Crippen MR) is 49.3 cm³/mol. The highest BCUT2D eigenvalue weighted by Crippen LogP contribution is 2.37. The normalized spacial score (nSPS) is 25.0. The maximum atomic E-state index is 11.6. The van der Waals surface area contributed by atoms with Crippen LogP contribution in [0.25, 0.3) is 0 Å². The van der Waals surface area contributed by atoms with E-state index < -0.39 is 0 Å². The lowest BCUT2D eigenvalue weighted by molar-refractivity contribution is -0.128. The first-order valence-electron chi connectivity index (χ1n) is 5.07. The molecule has 3 heteroatoms. The molecule has 0 saturated heterocycles. The SMILES string of the molecule is COCC1(NC(=O)C2CCC2)CC1. The first-order valence-corrected chi connectivity index (χ1v) is 5.07. The van der Waals surface area contributed by atoms with Crippen LogP contribution in [0, 0.1) is 5.92 Å². The molecule has 0 bridgehead atoms. The van der Waals surface area contributed by atoms with Gasteiger partial charge in [0, 0.05) is 13.0 Å². The first kappa shape index (κ1) is 9.00. The zero-order valence-electron chi connectivity index (χ0n) is 8.14. The van der Waals surface area contributed by atoms with Crippen LogP contribution in [-0.2, 0) is 9.53 Å². The van der Waals surface area contributed by atoms with Crippen molar-refractivity contribution in [2.45, 2.75) is 37.6 Å². The van der Waals surface area contributed by atoms with E-state index in [1.807, 2.05) is 0 Å². The summed E-state index contributed by atoms with van der Waals surface area (Å²) >= 11 is 0. The maximum Gasteiger partial charge on any atom is 0.223 e. The summed E-state index contributed by atoms with van der Waals surface area (Å²) < 4.78 is 5.09. The summed E-state index contributed by atoms with van der Waals surface area (Å²) in [6.45, 7) is 0.672. The molecule has 0 aromatic carbocycles. The van der Waals surface area contributed by atoms with Gasteiger partial charge in [0.1, 0.15) is 0 Å². The van der Waals surface area contributed by atoms with Gasteiger partial charge in [0.2, 0.25) is 5.91 Å². The van der Waals surface area contributed by atoms with E-state index in [1.165, 1.54) is 6.42 Å². The molecule has 1 N–H and O–H groups in total. The molecule has 2 rings (SSSR count). The summed E-state index contributed by atoms with van der Waals surface area (Å²) in [6, 6.07) is 0. The zero-order valence-corrected chi connectivity index (χ0v) is 8.14. The van der Waals surface area contributed by atoms with Crippen LogP contribution in [0.15, 0.2) is 0 Å². The number of hydrogen-bond acceptors (Lipinski definition) is 2. The fraction of sp³-hybridized carbons (Fsp3) is 0.900. The molecule has 13 heavy (non-hydrogen) atoms. The summed E-state index contributed by atoms with van der Waals surface area (Å²) in [4.78, 5) is 11.6. The Balaban J connectivity index is 1.79. The van der Waals surface area contributed by atoms with Crippen LogP contribution in [-0.4, -0.2) is 25.2 Å². The molecule has 0 radical (unpaired) electrons. The third-order valence-corrected chi connectivity index (χ3v) is 3.14. The number of methoxy groups -OCH3 is 1. The van der Waals surface area contributed by atoms with Gasteiger partial charge in [-0.05, 0) is 25.7 Å². The molecular weight excluding hydrogens is 166 g/mol. The third kappa shape index (κ3) is 1.85. The minimum atomic E-state index is 0.0153. The van der Waals surface area contributed by atoms with Gasteiger partial charge >= 0.3 is 0 Å². The van der Waals surface area contributed by atoms with Crippen LogP contribution in [0.1, 0.15) is 32.1 Å². The van der Waals surface area contributed by atoms with E-state index in [1.54, 1.807) is 7.11 Å². The standard InChI is InChI=1S/C10H17NO2/c1-13-7-10(5-6-10)11-9(12)8-3-2-4-8/h8H,2-7H2,1H3,(H,11,12). The van der Waals surface area contributed by atoms with Crippen molar-refractivity contribution >= 4 is 5.91 Å². The highest BCUT2D eigenvalue weighted by Gasteiger charge is 2.45. The van der Waals surface area contributed by atoms with Gasteiger partial charge < -0.3 is 10.1 Å². The van der Waals surface area contributed by atoms with E-state index in [-0.39, 0.29) is 11.4 Å². The Morgan fingerprint density at radius 2 is 2.23 bits per heavy atom. The van der Waals surface area contributed by atoms with Gasteiger partial charge in [-0.15, -0.1) is 0 Å². The average Bonchev–Trinajstić information content (AvgIpc) is 2.65. The molecule has 0 heterocycles. The quantitative estimate of drug-likeness (QED) is 0.708. The Morgan fingerprint density at radius 1 is 1.54 bits per heavy atom. The van der Waals surface area contributed by atoms with E-state index >= 15 is 0 Å². The second-order valence-electron chi connectivity index (χ2n) is 4.33. The van der Waals surface area contributed by atoms with Crippen molar-refractivity contribution in [2.75, 3.05) is 13.7 Å². The van der Waals surface area contributed by atoms with Crippen molar-refractivity contribution in [1.29, 1.82) is 0 Å². The summed E-state index contributed by atoms with van der Waals surface area (Å²) in [5.41, 5.74) is 0.0153. The van der Waals surface area contributed by atoms with E-state index in [9.17, 15) is 4.79 Å². The Hall–Kier alpha value is -0.570. The van der Waals surface area contributed by atoms with E-state index in [2.05, 4.69) is 5.32 Å². The van der Waals surface area contributed by atoms with Crippen LogP contribution in [0.3, 0.4) is 0 Å². The van der Waals surface area contributed by atoms with Crippen molar-refractivity contribution in [1.82, 2.24) is 5.32 Å². The fourth-order valence-electron chi connectivity index (χ4n) is 1.77. The van der Waals surface area contributed by atoms with Crippen molar-refractivity contribution in [2.24, 2.45) is 5.92 Å². The van der Waals surface area contributed by atoms with Crippen LogP contribution in [0.2, 0.25) is 0 Å². The molecule has 0 atom stereocenters. The predicted octanol–water partition coefficient (Wildman–Crippen LogP) is 1.08. The molecule has 2 aliphatic rings.